The Hall–Kier alpha value is -2.45. The Labute approximate surface area is 241 Å². The Bertz CT molecular complexity index is 1400. The first-order valence-corrected chi connectivity index (χ1v) is 15.4. The number of ether oxygens (including phenoxy) is 2. The molecule has 3 heterocycles. The fourth-order valence-corrected chi connectivity index (χ4v) is 6.91. The van der Waals surface area contributed by atoms with Crippen molar-refractivity contribution in [3.05, 3.63) is 42.5 Å². The van der Waals surface area contributed by atoms with Crippen LogP contribution in [0.1, 0.15) is 19.0 Å². The molecule has 1 aliphatic heterocycles. The molecule has 1 fully saturated rings. The number of rotatable bonds is 11. The number of carbonyl (C=O) groups excluding carboxylic acids is 1. The summed E-state index contributed by atoms with van der Waals surface area (Å²) in [6.07, 6.45) is -3.58. The van der Waals surface area contributed by atoms with Crippen molar-refractivity contribution < 1.29 is 32.8 Å². The number of hydrogen-bond acceptors (Lipinski definition) is 11. The van der Waals surface area contributed by atoms with Gasteiger partial charge in [0.2, 0.25) is 0 Å². The largest absolute Gasteiger partial charge is 0.468 e. The van der Waals surface area contributed by atoms with Crippen molar-refractivity contribution in [2.24, 2.45) is 0 Å². The van der Waals surface area contributed by atoms with E-state index in [0.29, 0.717) is 28.6 Å². The van der Waals surface area contributed by atoms with Crippen LogP contribution in [0.2, 0.25) is 0 Å². The van der Waals surface area contributed by atoms with Crippen LogP contribution < -0.4 is 14.5 Å². The molecule has 0 saturated carbocycles. The van der Waals surface area contributed by atoms with E-state index in [1.165, 1.54) is 24.9 Å². The standard InChI is InChI=1S/C24H31ClFN6O6PS/c1-14(23(34)35-5)30-39(40,38-16-9-7-6-8-10-16)36-12-24(11-25)19(33)17(26)22(37-24)32-13-27-18-20(31(3)4)28-15(2)29-21(18)32/h6-10,13-14,17,19,22,33H,11-12H2,1-5H3,(H,30,40)/t14-,17+,19+,22-,24-,39+/m1/s1. The van der Waals surface area contributed by atoms with E-state index < -0.39 is 49.4 Å². The number of benzene rings is 1. The lowest BCUT2D eigenvalue weighted by Crippen LogP contribution is -2.48. The third kappa shape index (κ3) is 6.08. The van der Waals surface area contributed by atoms with Gasteiger partial charge in [-0.3, -0.25) is 9.36 Å². The van der Waals surface area contributed by atoms with Gasteiger partial charge in [-0.2, -0.15) is 0 Å². The topological polar surface area (TPSA) is 133 Å². The normalized spacial score (nSPS) is 24.9. The van der Waals surface area contributed by atoms with Crippen LogP contribution in [0, 0.1) is 6.92 Å². The Morgan fingerprint density at radius 1 is 1.38 bits per heavy atom. The van der Waals surface area contributed by atoms with E-state index in [0.717, 1.165) is 0 Å². The molecule has 1 aliphatic rings. The molecule has 1 saturated heterocycles. The van der Waals surface area contributed by atoms with Crippen LogP contribution in [0.15, 0.2) is 36.7 Å². The predicted molar refractivity (Wildman–Crippen MR) is 151 cm³/mol. The zero-order chi connectivity index (χ0) is 29.2. The summed E-state index contributed by atoms with van der Waals surface area (Å²) < 4.78 is 40.0. The summed E-state index contributed by atoms with van der Waals surface area (Å²) in [6.45, 7) is -0.710. The number of para-hydroxylation sites is 1. The summed E-state index contributed by atoms with van der Waals surface area (Å²) in [5.74, 6) is 0.433. The number of nitrogens with zero attached hydrogens (tertiary/aromatic N) is 5. The van der Waals surface area contributed by atoms with Crippen LogP contribution in [0.3, 0.4) is 0 Å². The summed E-state index contributed by atoms with van der Waals surface area (Å²) in [5, 5.41) is 13.9. The molecule has 0 amide bonds. The summed E-state index contributed by atoms with van der Waals surface area (Å²) in [4.78, 5) is 27.1. The van der Waals surface area contributed by atoms with Gasteiger partial charge in [0, 0.05) is 14.1 Å². The second kappa shape index (κ2) is 12.2. The van der Waals surface area contributed by atoms with E-state index in [9.17, 15) is 9.90 Å². The number of hydrogen-bond donors (Lipinski definition) is 2. The van der Waals surface area contributed by atoms with Gasteiger partial charge in [-0.25, -0.2) is 24.4 Å². The van der Waals surface area contributed by atoms with Gasteiger partial charge in [-0.05, 0) is 37.8 Å². The molecule has 0 radical (unpaired) electrons. The molecular weight excluding hydrogens is 586 g/mol. The minimum atomic E-state index is -3.50. The Kier molecular flexibility index (Phi) is 9.30. The molecule has 4 rings (SSSR count). The van der Waals surface area contributed by atoms with Crippen LogP contribution in [-0.4, -0.2) is 88.2 Å². The number of fused-ring (bicyclic) bond motifs is 1. The summed E-state index contributed by atoms with van der Waals surface area (Å²) in [6, 6.07) is 7.71. The lowest BCUT2D eigenvalue weighted by atomic mass is 9.99. The van der Waals surface area contributed by atoms with Crippen molar-refractivity contribution in [1.82, 2.24) is 24.6 Å². The molecule has 218 valence electrons. The van der Waals surface area contributed by atoms with Gasteiger partial charge in [0.15, 0.2) is 29.4 Å². The molecule has 0 unspecified atom stereocenters. The molecular formula is C24H31ClFN6O6PS. The number of nitrogens with one attached hydrogen (secondary N) is 1. The highest BCUT2D eigenvalue weighted by atomic mass is 35.5. The Morgan fingerprint density at radius 3 is 2.70 bits per heavy atom. The van der Waals surface area contributed by atoms with Crippen molar-refractivity contribution >= 4 is 53.0 Å². The monoisotopic (exact) mass is 616 g/mol. The first-order valence-electron chi connectivity index (χ1n) is 12.2. The maximum absolute atomic E-state index is 15.7. The number of alkyl halides is 2. The number of aliphatic hydroxyl groups is 1. The molecule has 0 aliphatic carbocycles. The van der Waals surface area contributed by atoms with E-state index in [1.807, 2.05) is 0 Å². The number of esters is 1. The van der Waals surface area contributed by atoms with Crippen LogP contribution in [0.4, 0.5) is 10.2 Å². The smallest absolute Gasteiger partial charge is 0.323 e. The Morgan fingerprint density at radius 2 is 2.08 bits per heavy atom. The number of carbonyl (C=O) groups is 1. The van der Waals surface area contributed by atoms with Gasteiger partial charge >= 0.3 is 12.6 Å². The van der Waals surface area contributed by atoms with E-state index in [4.69, 9.17) is 41.9 Å². The quantitative estimate of drug-likeness (QED) is 0.186. The lowest BCUT2D eigenvalue weighted by molar-refractivity contribution is -0.142. The number of anilines is 1. The maximum Gasteiger partial charge on any atom is 0.323 e. The molecule has 2 aromatic heterocycles. The van der Waals surface area contributed by atoms with E-state index in [-0.39, 0.29) is 5.88 Å². The van der Waals surface area contributed by atoms with E-state index in [2.05, 4.69) is 20.0 Å². The second-order valence-corrected chi connectivity index (χ2v) is 12.9. The first-order chi connectivity index (χ1) is 18.9. The zero-order valence-electron chi connectivity index (χ0n) is 22.5. The first kappa shape index (κ1) is 30.5. The summed E-state index contributed by atoms with van der Waals surface area (Å²) >= 11 is 12.0. The Balaban J connectivity index is 1.63. The number of methoxy groups -OCH3 is 1. The molecule has 16 heteroatoms. The van der Waals surface area contributed by atoms with E-state index in [1.54, 1.807) is 56.3 Å². The molecule has 1 aromatic carbocycles. The highest BCUT2D eigenvalue weighted by Gasteiger charge is 2.57. The highest BCUT2D eigenvalue weighted by molar-refractivity contribution is 8.09. The van der Waals surface area contributed by atoms with Gasteiger partial charge in [0.05, 0.1) is 25.9 Å². The van der Waals surface area contributed by atoms with Crippen LogP contribution >= 0.6 is 18.2 Å². The number of imidazole rings is 1. The van der Waals surface area contributed by atoms with Gasteiger partial charge in [-0.1, -0.05) is 18.2 Å². The van der Waals surface area contributed by atoms with Crippen molar-refractivity contribution in [3.8, 4) is 5.75 Å². The van der Waals surface area contributed by atoms with Gasteiger partial charge in [0.1, 0.15) is 29.3 Å². The molecule has 3 aromatic rings. The lowest BCUT2D eigenvalue weighted by Gasteiger charge is -2.33. The summed E-state index contributed by atoms with van der Waals surface area (Å²) in [5.41, 5.74) is -0.962. The second-order valence-electron chi connectivity index (χ2n) is 9.46. The minimum Gasteiger partial charge on any atom is -0.468 e. The van der Waals surface area contributed by atoms with Crippen LogP contribution in [0.25, 0.3) is 11.2 Å². The predicted octanol–water partition coefficient (Wildman–Crippen LogP) is 2.88. The molecule has 2 N–H and O–H groups in total. The SMILES string of the molecule is COC(=O)[C@@H](C)N[P@](=S)(OC[C@@]1(CCl)O[C@@H](n2cnc3c(N(C)C)nc(C)nc32)[C@@H](F)[C@@H]1O)Oc1ccccc1. The molecule has 0 spiro atoms. The fourth-order valence-electron chi connectivity index (χ4n) is 4.18. The number of aryl methyl sites for hydroxylation is 1. The third-order valence-corrected chi connectivity index (χ3v) is 9.19. The molecule has 12 nitrogen and oxygen atoms in total. The van der Waals surface area contributed by atoms with Crippen molar-refractivity contribution in [3.63, 3.8) is 0 Å². The summed E-state index contributed by atoms with van der Waals surface area (Å²) in [7, 11) is 4.85. The fraction of sp³-hybridized carbons (Fsp3) is 0.500. The number of aromatic nitrogens is 4. The van der Waals surface area contributed by atoms with Gasteiger partial charge in [0.25, 0.3) is 0 Å². The van der Waals surface area contributed by atoms with Gasteiger partial charge < -0.3 is 28.5 Å². The molecule has 40 heavy (non-hydrogen) atoms. The third-order valence-electron chi connectivity index (χ3n) is 6.26. The molecule has 6 atom stereocenters. The average molecular weight is 617 g/mol. The van der Waals surface area contributed by atoms with Crippen molar-refractivity contribution in [2.75, 3.05) is 38.6 Å². The van der Waals surface area contributed by atoms with Crippen molar-refractivity contribution in [1.29, 1.82) is 0 Å². The van der Waals surface area contributed by atoms with Crippen molar-refractivity contribution in [2.45, 2.75) is 44.0 Å². The maximum atomic E-state index is 15.7. The van der Waals surface area contributed by atoms with Crippen LogP contribution in [-0.2, 0) is 30.6 Å². The number of aliphatic hydroxyl groups excluding tert-OH is 1. The molecule has 0 bridgehead atoms. The van der Waals surface area contributed by atoms with E-state index >= 15 is 4.39 Å². The zero-order valence-corrected chi connectivity index (χ0v) is 25.0. The average Bonchev–Trinajstić information content (AvgIpc) is 3.45. The van der Waals surface area contributed by atoms with Gasteiger partial charge in [-0.15, -0.1) is 11.6 Å². The van der Waals surface area contributed by atoms with Crippen LogP contribution in [0.5, 0.6) is 5.75 Å². The minimum absolute atomic E-state index is 0.327. The number of halogens is 2. The highest BCUT2D eigenvalue weighted by Crippen LogP contribution is 2.49.